The number of halogens is 1. The number of anilines is 3. The predicted molar refractivity (Wildman–Crippen MR) is 140 cm³/mol. The number of nitrogens with one attached hydrogen (secondary N) is 3. The van der Waals surface area contributed by atoms with E-state index in [9.17, 15) is 9.59 Å². The average Bonchev–Trinajstić information content (AvgIpc) is 2.87. The summed E-state index contributed by atoms with van der Waals surface area (Å²) in [6, 6.07) is 14.9. The summed E-state index contributed by atoms with van der Waals surface area (Å²) in [7, 11) is 0. The molecule has 184 valence electrons. The average molecular weight is 505 g/mol. The number of fused-ring (bicyclic) bond motifs is 1. The molecule has 0 aliphatic carbocycles. The molecule has 0 fully saturated rings. The predicted octanol–water partition coefficient (Wildman–Crippen LogP) is 4.86. The lowest BCUT2D eigenvalue weighted by Crippen LogP contribution is -2.28. The number of carbonyl (C=O) groups is 2. The van der Waals surface area contributed by atoms with Gasteiger partial charge in [-0.05, 0) is 67.9 Å². The molecular formula is C26H25ClN6O3. The first kappa shape index (κ1) is 24.9. The van der Waals surface area contributed by atoms with Crippen LogP contribution in [0.2, 0.25) is 0 Å². The molecule has 3 N–H and O–H groups in total. The van der Waals surface area contributed by atoms with E-state index in [1.165, 1.54) is 6.33 Å². The molecule has 10 heteroatoms. The van der Waals surface area contributed by atoms with E-state index in [2.05, 4.69) is 30.9 Å². The number of hydrogen-bond acceptors (Lipinski definition) is 7. The smallest absolute Gasteiger partial charge is 0.234 e. The number of rotatable bonds is 9. The van der Waals surface area contributed by atoms with Crippen LogP contribution >= 0.6 is 11.6 Å². The largest absolute Gasteiger partial charge is 0.455 e. The normalized spacial score (nSPS) is 10.6. The second-order valence-corrected chi connectivity index (χ2v) is 8.35. The second-order valence-electron chi connectivity index (χ2n) is 8.08. The molecule has 0 atom stereocenters. The maximum absolute atomic E-state index is 12.3. The zero-order valence-electron chi connectivity index (χ0n) is 19.8. The van der Waals surface area contributed by atoms with Crippen molar-refractivity contribution >= 4 is 51.5 Å². The number of aromatic nitrogens is 3. The highest BCUT2D eigenvalue weighted by Crippen LogP contribution is 2.30. The monoisotopic (exact) mass is 504 g/mol. The van der Waals surface area contributed by atoms with Crippen LogP contribution < -0.4 is 20.7 Å². The van der Waals surface area contributed by atoms with Gasteiger partial charge >= 0.3 is 0 Å². The molecule has 2 aromatic carbocycles. The van der Waals surface area contributed by atoms with Gasteiger partial charge in [-0.25, -0.2) is 9.97 Å². The van der Waals surface area contributed by atoms with Crippen molar-refractivity contribution in [2.75, 3.05) is 23.1 Å². The molecular weight excluding hydrogens is 480 g/mol. The Hall–Kier alpha value is -4.24. The Morgan fingerprint density at radius 3 is 2.53 bits per heavy atom. The minimum Gasteiger partial charge on any atom is -0.455 e. The molecule has 0 spiro atoms. The minimum absolute atomic E-state index is 0.128. The number of amides is 2. The molecule has 2 amide bonds. The van der Waals surface area contributed by atoms with Crippen LogP contribution in [0, 0.1) is 13.8 Å². The van der Waals surface area contributed by atoms with Gasteiger partial charge < -0.3 is 20.7 Å². The lowest BCUT2D eigenvalue weighted by Gasteiger charge is -2.13. The number of nitrogens with zero attached hydrogens (tertiary/aromatic N) is 3. The summed E-state index contributed by atoms with van der Waals surface area (Å²) in [6.07, 6.45) is 3.31. The van der Waals surface area contributed by atoms with Gasteiger partial charge in [-0.3, -0.25) is 14.6 Å². The standard InChI is InChI=1S/C26H25ClN6O3/c1-16-11-18(5-8-23(16)36-20-6-3-17(2)29-14-20)33-26-21-12-19(4-7-22(21)30-15-31-26)32-24(34)9-10-28-25(35)13-27/h3-8,11-12,14-15H,9-10,13H2,1-2H3,(H,28,35)(H,32,34)(H,30,31,33). The fourth-order valence-corrected chi connectivity index (χ4v) is 3.53. The minimum atomic E-state index is -0.315. The molecule has 0 saturated heterocycles. The third-order valence-corrected chi connectivity index (χ3v) is 5.51. The highest BCUT2D eigenvalue weighted by Gasteiger charge is 2.10. The van der Waals surface area contributed by atoms with Crippen molar-refractivity contribution in [3.05, 3.63) is 72.3 Å². The summed E-state index contributed by atoms with van der Waals surface area (Å²) < 4.78 is 5.95. The summed E-state index contributed by atoms with van der Waals surface area (Å²) in [5, 5.41) is 9.47. The molecule has 0 aliphatic heterocycles. The van der Waals surface area contributed by atoms with Crippen LogP contribution in [0.5, 0.6) is 11.5 Å². The lowest BCUT2D eigenvalue weighted by molar-refractivity contribution is -0.119. The Kier molecular flexibility index (Phi) is 7.92. The van der Waals surface area contributed by atoms with Crippen molar-refractivity contribution in [2.24, 2.45) is 0 Å². The van der Waals surface area contributed by atoms with E-state index in [1.54, 1.807) is 12.3 Å². The Balaban J connectivity index is 1.47. The van der Waals surface area contributed by atoms with E-state index in [0.29, 0.717) is 17.3 Å². The Bertz CT molecular complexity index is 1390. The number of alkyl halides is 1. The van der Waals surface area contributed by atoms with Crippen molar-refractivity contribution in [1.82, 2.24) is 20.3 Å². The summed E-state index contributed by atoms with van der Waals surface area (Å²) in [5.74, 6) is 1.31. The maximum atomic E-state index is 12.3. The fraction of sp³-hybridized carbons (Fsp3) is 0.192. The molecule has 0 aliphatic rings. The fourth-order valence-electron chi connectivity index (χ4n) is 3.44. The molecule has 4 rings (SSSR count). The van der Waals surface area contributed by atoms with Crippen LogP contribution in [-0.2, 0) is 9.59 Å². The topological polar surface area (TPSA) is 118 Å². The maximum Gasteiger partial charge on any atom is 0.234 e. The number of carbonyl (C=O) groups excluding carboxylic acids is 2. The lowest BCUT2D eigenvalue weighted by atomic mass is 10.1. The first-order chi connectivity index (χ1) is 17.4. The van der Waals surface area contributed by atoms with Crippen molar-refractivity contribution in [3.8, 4) is 11.5 Å². The summed E-state index contributed by atoms with van der Waals surface area (Å²) in [6.45, 7) is 4.10. The van der Waals surface area contributed by atoms with E-state index in [-0.39, 0.29) is 30.7 Å². The highest BCUT2D eigenvalue weighted by molar-refractivity contribution is 6.27. The van der Waals surface area contributed by atoms with Gasteiger partial charge in [0.25, 0.3) is 0 Å². The van der Waals surface area contributed by atoms with Crippen molar-refractivity contribution in [3.63, 3.8) is 0 Å². The molecule has 0 unspecified atom stereocenters. The SMILES string of the molecule is Cc1ccc(Oc2ccc(Nc3ncnc4ccc(NC(=O)CCNC(=O)CCl)cc34)cc2C)cn1. The number of aryl methyl sites for hydroxylation is 2. The van der Waals surface area contributed by atoms with Crippen LogP contribution in [-0.4, -0.2) is 39.2 Å². The zero-order chi connectivity index (χ0) is 25.5. The van der Waals surface area contributed by atoms with Gasteiger partial charge in [-0.15, -0.1) is 11.6 Å². The quantitative estimate of drug-likeness (QED) is 0.278. The van der Waals surface area contributed by atoms with Crippen LogP contribution in [0.3, 0.4) is 0 Å². The third-order valence-electron chi connectivity index (χ3n) is 5.26. The number of pyridine rings is 1. The zero-order valence-corrected chi connectivity index (χ0v) is 20.6. The molecule has 0 bridgehead atoms. The van der Waals surface area contributed by atoms with Crippen molar-refractivity contribution in [1.29, 1.82) is 0 Å². The van der Waals surface area contributed by atoms with E-state index >= 15 is 0 Å². The Labute approximate surface area is 213 Å². The van der Waals surface area contributed by atoms with Crippen LogP contribution in [0.1, 0.15) is 17.7 Å². The van der Waals surface area contributed by atoms with Gasteiger partial charge in [0.2, 0.25) is 11.8 Å². The molecule has 2 heterocycles. The summed E-state index contributed by atoms with van der Waals surface area (Å²) in [4.78, 5) is 36.4. The van der Waals surface area contributed by atoms with Gasteiger partial charge in [0.15, 0.2) is 0 Å². The second kappa shape index (κ2) is 11.5. The van der Waals surface area contributed by atoms with Crippen LogP contribution in [0.25, 0.3) is 10.9 Å². The molecule has 9 nitrogen and oxygen atoms in total. The van der Waals surface area contributed by atoms with Gasteiger partial charge in [-0.2, -0.15) is 0 Å². The summed E-state index contributed by atoms with van der Waals surface area (Å²) in [5.41, 5.74) is 4.01. The molecule has 0 radical (unpaired) electrons. The van der Waals surface area contributed by atoms with Gasteiger partial charge in [0.1, 0.15) is 29.5 Å². The van der Waals surface area contributed by atoms with E-state index in [1.807, 2.05) is 56.3 Å². The first-order valence-corrected chi connectivity index (χ1v) is 11.8. The number of hydrogen-bond donors (Lipinski definition) is 3. The van der Waals surface area contributed by atoms with Gasteiger partial charge in [0, 0.05) is 35.4 Å². The van der Waals surface area contributed by atoms with Gasteiger partial charge in [0.05, 0.1) is 11.7 Å². The number of ether oxygens (including phenoxy) is 1. The van der Waals surface area contributed by atoms with Crippen LogP contribution in [0.4, 0.5) is 17.2 Å². The Morgan fingerprint density at radius 2 is 1.78 bits per heavy atom. The van der Waals surface area contributed by atoms with E-state index in [4.69, 9.17) is 16.3 Å². The summed E-state index contributed by atoms with van der Waals surface area (Å²) >= 11 is 5.44. The van der Waals surface area contributed by atoms with E-state index in [0.717, 1.165) is 33.6 Å². The van der Waals surface area contributed by atoms with Crippen LogP contribution in [0.15, 0.2) is 61.1 Å². The molecule has 0 saturated carbocycles. The van der Waals surface area contributed by atoms with Crippen molar-refractivity contribution in [2.45, 2.75) is 20.3 Å². The van der Waals surface area contributed by atoms with Crippen molar-refractivity contribution < 1.29 is 14.3 Å². The molecule has 2 aromatic heterocycles. The number of benzene rings is 2. The highest BCUT2D eigenvalue weighted by atomic mass is 35.5. The first-order valence-electron chi connectivity index (χ1n) is 11.3. The molecule has 4 aromatic rings. The Morgan fingerprint density at radius 1 is 0.944 bits per heavy atom. The third kappa shape index (κ3) is 6.45. The van der Waals surface area contributed by atoms with Gasteiger partial charge in [-0.1, -0.05) is 0 Å². The van der Waals surface area contributed by atoms with E-state index < -0.39 is 0 Å². The molecule has 36 heavy (non-hydrogen) atoms.